The number of hydrogen-bond donors (Lipinski definition) is 0. The Morgan fingerprint density at radius 1 is 1.18 bits per heavy atom. The number of aromatic nitrogens is 2. The first kappa shape index (κ1) is 19.0. The van der Waals surface area contributed by atoms with E-state index in [9.17, 15) is 4.79 Å². The Labute approximate surface area is 166 Å². The summed E-state index contributed by atoms with van der Waals surface area (Å²) in [6.45, 7) is 12.8. The summed E-state index contributed by atoms with van der Waals surface area (Å²) in [7, 11) is 0. The maximum absolute atomic E-state index is 12.7. The Morgan fingerprint density at radius 2 is 1.93 bits per heavy atom. The molecule has 1 amide bonds. The van der Waals surface area contributed by atoms with Crippen molar-refractivity contribution in [2.45, 2.75) is 52.5 Å². The Kier molecular flexibility index (Phi) is 4.68. The van der Waals surface area contributed by atoms with Crippen LogP contribution in [-0.2, 0) is 10.2 Å². The number of anilines is 1. The van der Waals surface area contributed by atoms with E-state index in [2.05, 4.69) is 72.0 Å². The van der Waals surface area contributed by atoms with Crippen LogP contribution in [0.15, 0.2) is 28.7 Å². The fourth-order valence-electron chi connectivity index (χ4n) is 4.62. The third kappa shape index (κ3) is 3.19. The van der Waals surface area contributed by atoms with E-state index in [-0.39, 0.29) is 17.4 Å². The van der Waals surface area contributed by atoms with Crippen LogP contribution in [-0.4, -0.2) is 40.6 Å². The number of aryl methyl sites for hydroxylation is 1. The molecule has 2 aliphatic rings. The molecule has 2 aliphatic heterocycles. The van der Waals surface area contributed by atoms with E-state index < -0.39 is 0 Å². The number of benzene rings is 1. The van der Waals surface area contributed by atoms with Gasteiger partial charge in [-0.3, -0.25) is 4.79 Å². The van der Waals surface area contributed by atoms with Crippen molar-refractivity contribution in [3.05, 3.63) is 41.3 Å². The number of hydrogen-bond acceptors (Lipinski definition) is 5. The van der Waals surface area contributed by atoms with Crippen molar-refractivity contribution in [3.8, 4) is 0 Å². The van der Waals surface area contributed by atoms with E-state index in [4.69, 9.17) is 4.42 Å². The van der Waals surface area contributed by atoms with Crippen LogP contribution >= 0.6 is 0 Å². The number of amides is 1. The minimum absolute atomic E-state index is 0.119. The second-order valence-electron chi connectivity index (χ2n) is 9.17. The fraction of sp³-hybridized carbons (Fsp3) is 0.591. The quantitative estimate of drug-likeness (QED) is 0.810. The van der Waals surface area contributed by atoms with Gasteiger partial charge in [0.05, 0.1) is 6.04 Å². The van der Waals surface area contributed by atoms with Gasteiger partial charge in [0.1, 0.15) is 0 Å². The maximum atomic E-state index is 12.7. The standard InChI is InChI=1S/C22H30N4O2/c1-6-18(27)26-12-15-11-25(21-24-23-20(28-21)22(3,4)5)13-17(15)19(26)16-10-8-7-9-14(16)2/h7-10,15,17,19H,6,11-13H2,1-5H3/t15-,17-,19+/m0/s1. The zero-order valence-electron chi connectivity index (χ0n) is 17.5. The molecule has 0 radical (unpaired) electrons. The highest BCUT2D eigenvalue weighted by Gasteiger charge is 2.50. The van der Waals surface area contributed by atoms with Crippen molar-refractivity contribution in [3.63, 3.8) is 0 Å². The minimum Gasteiger partial charge on any atom is -0.407 e. The molecule has 1 aromatic heterocycles. The lowest BCUT2D eigenvalue weighted by Gasteiger charge is -2.30. The molecule has 2 aromatic rings. The summed E-state index contributed by atoms with van der Waals surface area (Å²) in [5.74, 6) is 1.70. The van der Waals surface area contributed by atoms with Gasteiger partial charge in [-0.25, -0.2) is 0 Å². The third-order valence-corrected chi connectivity index (χ3v) is 6.12. The summed E-state index contributed by atoms with van der Waals surface area (Å²) in [4.78, 5) is 17.0. The first-order valence-corrected chi connectivity index (χ1v) is 10.2. The fourth-order valence-corrected chi connectivity index (χ4v) is 4.62. The Hall–Kier alpha value is -2.37. The van der Waals surface area contributed by atoms with Crippen LogP contribution < -0.4 is 4.90 Å². The van der Waals surface area contributed by atoms with Gasteiger partial charge in [-0.15, -0.1) is 5.10 Å². The van der Waals surface area contributed by atoms with Crippen LogP contribution in [0.4, 0.5) is 6.01 Å². The number of fused-ring (bicyclic) bond motifs is 1. The van der Waals surface area contributed by atoms with E-state index in [1.165, 1.54) is 11.1 Å². The van der Waals surface area contributed by atoms with Crippen LogP contribution in [0.25, 0.3) is 0 Å². The van der Waals surface area contributed by atoms with Crippen LogP contribution in [0.1, 0.15) is 57.2 Å². The Balaban J connectivity index is 1.62. The number of nitrogens with zero attached hydrogens (tertiary/aromatic N) is 4. The minimum atomic E-state index is -0.158. The molecule has 0 unspecified atom stereocenters. The molecule has 4 rings (SSSR count). The largest absolute Gasteiger partial charge is 0.407 e. The Morgan fingerprint density at radius 3 is 2.57 bits per heavy atom. The summed E-state index contributed by atoms with van der Waals surface area (Å²) in [5.41, 5.74) is 2.35. The predicted octanol–water partition coefficient (Wildman–Crippen LogP) is 3.72. The predicted molar refractivity (Wildman–Crippen MR) is 108 cm³/mol. The van der Waals surface area contributed by atoms with Gasteiger partial charge in [0.25, 0.3) is 0 Å². The van der Waals surface area contributed by atoms with Gasteiger partial charge in [0, 0.05) is 43.3 Å². The molecule has 28 heavy (non-hydrogen) atoms. The number of carbonyl (C=O) groups excluding carboxylic acids is 1. The molecule has 1 aromatic carbocycles. The van der Waals surface area contributed by atoms with Crippen molar-refractivity contribution in [1.29, 1.82) is 0 Å². The molecule has 0 N–H and O–H groups in total. The van der Waals surface area contributed by atoms with Gasteiger partial charge in [-0.2, -0.15) is 0 Å². The number of rotatable bonds is 3. The van der Waals surface area contributed by atoms with Crippen LogP contribution in [0.5, 0.6) is 0 Å². The monoisotopic (exact) mass is 382 g/mol. The van der Waals surface area contributed by atoms with Crippen molar-refractivity contribution >= 4 is 11.9 Å². The van der Waals surface area contributed by atoms with Crippen LogP contribution in [0.2, 0.25) is 0 Å². The summed E-state index contributed by atoms with van der Waals surface area (Å²) >= 11 is 0. The summed E-state index contributed by atoms with van der Waals surface area (Å²) in [6, 6.07) is 9.17. The maximum Gasteiger partial charge on any atom is 0.318 e. The van der Waals surface area contributed by atoms with E-state index in [0.29, 0.717) is 30.2 Å². The molecule has 3 heterocycles. The molecule has 0 saturated carbocycles. The van der Waals surface area contributed by atoms with E-state index >= 15 is 0 Å². The smallest absolute Gasteiger partial charge is 0.318 e. The molecule has 0 aliphatic carbocycles. The molecular weight excluding hydrogens is 352 g/mol. The highest BCUT2D eigenvalue weighted by molar-refractivity contribution is 5.77. The SMILES string of the molecule is CCC(=O)N1C[C@@H]2CN(c3nnc(C(C)(C)C)o3)C[C@@H]2[C@H]1c1ccccc1C. The van der Waals surface area contributed by atoms with Gasteiger partial charge < -0.3 is 14.2 Å². The molecule has 2 fully saturated rings. The van der Waals surface area contributed by atoms with E-state index in [1.54, 1.807) is 0 Å². The third-order valence-electron chi connectivity index (χ3n) is 6.12. The van der Waals surface area contributed by atoms with Crippen molar-refractivity contribution in [2.75, 3.05) is 24.5 Å². The summed E-state index contributed by atoms with van der Waals surface area (Å²) in [6.07, 6.45) is 0.546. The number of carbonyl (C=O) groups is 1. The second-order valence-corrected chi connectivity index (χ2v) is 9.17. The van der Waals surface area contributed by atoms with Gasteiger partial charge in [-0.1, -0.05) is 57.1 Å². The zero-order chi connectivity index (χ0) is 20.1. The average molecular weight is 383 g/mol. The second kappa shape index (κ2) is 6.90. The highest BCUT2D eigenvalue weighted by Crippen LogP contribution is 2.46. The molecular formula is C22H30N4O2. The van der Waals surface area contributed by atoms with Crippen LogP contribution in [0, 0.1) is 18.8 Å². The first-order chi connectivity index (χ1) is 13.3. The molecule has 3 atom stereocenters. The lowest BCUT2D eigenvalue weighted by molar-refractivity contribution is -0.132. The molecule has 0 spiro atoms. The molecule has 2 saturated heterocycles. The first-order valence-electron chi connectivity index (χ1n) is 10.2. The highest BCUT2D eigenvalue weighted by atomic mass is 16.4. The normalized spacial score (nSPS) is 24.7. The molecule has 0 bridgehead atoms. The Bertz CT molecular complexity index is 869. The summed E-state index contributed by atoms with van der Waals surface area (Å²) < 4.78 is 5.98. The molecule has 6 heteroatoms. The van der Waals surface area contributed by atoms with Crippen molar-refractivity contribution in [1.82, 2.24) is 15.1 Å². The lowest BCUT2D eigenvalue weighted by Crippen LogP contribution is -2.35. The topological polar surface area (TPSA) is 62.5 Å². The van der Waals surface area contributed by atoms with E-state index in [0.717, 1.165) is 19.6 Å². The molecule has 6 nitrogen and oxygen atoms in total. The van der Waals surface area contributed by atoms with Crippen molar-refractivity contribution in [2.24, 2.45) is 11.8 Å². The number of likely N-dealkylation sites (tertiary alicyclic amines) is 1. The van der Waals surface area contributed by atoms with Gasteiger partial charge in [0.15, 0.2) is 0 Å². The van der Waals surface area contributed by atoms with Gasteiger partial charge >= 0.3 is 6.01 Å². The van der Waals surface area contributed by atoms with Crippen LogP contribution in [0.3, 0.4) is 0 Å². The van der Waals surface area contributed by atoms with Gasteiger partial charge in [0.2, 0.25) is 11.8 Å². The molecule has 150 valence electrons. The van der Waals surface area contributed by atoms with Gasteiger partial charge in [-0.05, 0) is 18.1 Å². The lowest BCUT2D eigenvalue weighted by atomic mass is 9.87. The zero-order valence-corrected chi connectivity index (χ0v) is 17.5. The summed E-state index contributed by atoms with van der Waals surface area (Å²) in [5, 5.41) is 8.56. The van der Waals surface area contributed by atoms with Crippen molar-refractivity contribution < 1.29 is 9.21 Å². The average Bonchev–Trinajstić information content (AvgIpc) is 3.34. The van der Waals surface area contributed by atoms with E-state index in [1.807, 2.05) is 6.92 Å².